The third-order valence-corrected chi connectivity index (χ3v) is 5.84. The van der Waals surface area contributed by atoms with E-state index < -0.39 is 29.7 Å². The number of benzene rings is 1. The maximum absolute atomic E-state index is 14.6. The standard InChI is InChI=1S/C22H26F2N2O5/c1-14-4-2-8-26(14)13-16(25-21(28)22(23,24)19-5-3-9-31-19)20(27)15-6-7-17-18(12-15)30-11-10-29-17/h3,5-7,9,12,14,16,20,27H,2,4,8,10-11,13H2,1H3,(H,25,28)/t14-,16-,20-/m1/s1. The summed E-state index contributed by atoms with van der Waals surface area (Å²) in [5.41, 5.74) is 0.447. The zero-order valence-electron chi connectivity index (χ0n) is 17.2. The van der Waals surface area contributed by atoms with Gasteiger partial charge >= 0.3 is 5.92 Å². The van der Waals surface area contributed by atoms with Gasteiger partial charge in [-0.2, -0.15) is 8.78 Å². The molecule has 0 unspecified atom stereocenters. The van der Waals surface area contributed by atoms with Crippen molar-refractivity contribution in [3.8, 4) is 11.5 Å². The molecule has 1 aromatic carbocycles. The normalized spacial score (nSPS) is 21.0. The van der Waals surface area contributed by atoms with Crippen LogP contribution in [0.2, 0.25) is 0 Å². The Kier molecular flexibility index (Phi) is 6.15. The van der Waals surface area contributed by atoms with Crippen molar-refractivity contribution in [1.29, 1.82) is 0 Å². The zero-order valence-corrected chi connectivity index (χ0v) is 17.2. The summed E-state index contributed by atoms with van der Waals surface area (Å²) in [6.07, 6.45) is 1.82. The number of aliphatic hydroxyl groups excluding tert-OH is 1. The minimum absolute atomic E-state index is 0.233. The van der Waals surface area contributed by atoms with Crippen LogP contribution in [0.3, 0.4) is 0 Å². The van der Waals surface area contributed by atoms with E-state index in [0.29, 0.717) is 30.3 Å². The Morgan fingerprint density at radius 1 is 1.29 bits per heavy atom. The van der Waals surface area contributed by atoms with E-state index in [0.717, 1.165) is 31.7 Å². The summed E-state index contributed by atoms with van der Waals surface area (Å²) in [6, 6.07) is 6.56. The molecule has 9 heteroatoms. The molecule has 0 bridgehead atoms. The number of amides is 1. The van der Waals surface area contributed by atoms with Gasteiger partial charge in [0.05, 0.1) is 12.3 Å². The second-order valence-electron chi connectivity index (χ2n) is 7.97. The molecule has 1 fully saturated rings. The smallest absolute Gasteiger partial charge is 0.380 e. The molecule has 3 heterocycles. The molecule has 31 heavy (non-hydrogen) atoms. The number of furan rings is 1. The Morgan fingerprint density at radius 3 is 2.74 bits per heavy atom. The van der Waals surface area contributed by atoms with Crippen molar-refractivity contribution >= 4 is 5.91 Å². The number of alkyl halides is 2. The van der Waals surface area contributed by atoms with Crippen LogP contribution in [0.1, 0.15) is 37.2 Å². The molecule has 4 rings (SSSR count). The topological polar surface area (TPSA) is 84.2 Å². The number of fused-ring (bicyclic) bond motifs is 1. The van der Waals surface area contributed by atoms with Crippen LogP contribution in [-0.4, -0.2) is 54.3 Å². The van der Waals surface area contributed by atoms with E-state index in [-0.39, 0.29) is 12.6 Å². The molecule has 1 amide bonds. The molecule has 0 aliphatic carbocycles. The molecule has 1 aromatic heterocycles. The predicted molar refractivity (Wildman–Crippen MR) is 107 cm³/mol. The first kappa shape index (κ1) is 21.6. The molecule has 1 saturated heterocycles. The number of hydrogen-bond donors (Lipinski definition) is 2. The van der Waals surface area contributed by atoms with Gasteiger partial charge in [-0.25, -0.2) is 0 Å². The number of ether oxygens (including phenoxy) is 2. The van der Waals surface area contributed by atoms with Gasteiger partial charge in [-0.3, -0.25) is 9.69 Å². The summed E-state index contributed by atoms with van der Waals surface area (Å²) < 4.78 is 45.0. The van der Waals surface area contributed by atoms with Crippen molar-refractivity contribution in [3.63, 3.8) is 0 Å². The monoisotopic (exact) mass is 436 g/mol. The van der Waals surface area contributed by atoms with Crippen LogP contribution in [-0.2, 0) is 10.7 Å². The van der Waals surface area contributed by atoms with E-state index in [4.69, 9.17) is 13.9 Å². The maximum Gasteiger partial charge on any atom is 0.380 e. The Labute approximate surface area is 178 Å². The quantitative estimate of drug-likeness (QED) is 0.695. The lowest BCUT2D eigenvalue weighted by molar-refractivity contribution is -0.151. The molecule has 0 saturated carbocycles. The van der Waals surface area contributed by atoms with Crippen LogP contribution in [0.4, 0.5) is 8.78 Å². The second kappa shape index (κ2) is 8.84. The number of aliphatic hydroxyl groups is 1. The Balaban J connectivity index is 1.57. The van der Waals surface area contributed by atoms with Crippen molar-refractivity contribution in [2.24, 2.45) is 0 Å². The summed E-state index contributed by atoms with van der Waals surface area (Å²) in [7, 11) is 0. The fourth-order valence-corrected chi connectivity index (χ4v) is 4.05. The molecule has 7 nitrogen and oxygen atoms in total. The SMILES string of the molecule is C[C@@H]1CCCN1C[C@@H](NC(=O)C(F)(F)c1ccco1)[C@H](O)c1ccc2c(c1)OCCO2. The van der Waals surface area contributed by atoms with Crippen molar-refractivity contribution in [1.82, 2.24) is 10.2 Å². The van der Waals surface area contributed by atoms with Crippen LogP contribution >= 0.6 is 0 Å². The molecule has 0 spiro atoms. The first-order valence-electron chi connectivity index (χ1n) is 10.4. The van der Waals surface area contributed by atoms with Crippen molar-refractivity contribution in [3.05, 3.63) is 47.9 Å². The summed E-state index contributed by atoms with van der Waals surface area (Å²) in [5, 5.41) is 13.4. The highest BCUT2D eigenvalue weighted by atomic mass is 19.3. The summed E-state index contributed by atoms with van der Waals surface area (Å²) in [5.74, 6) is -5.09. The van der Waals surface area contributed by atoms with E-state index in [9.17, 15) is 18.7 Å². The average Bonchev–Trinajstić information content (AvgIpc) is 3.45. The van der Waals surface area contributed by atoms with Gasteiger partial charge in [-0.15, -0.1) is 0 Å². The van der Waals surface area contributed by atoms with Gasteiger partial charge in [-0.05, 0) is 56.1 Å². The van der Waals surface area contributed by atoms with Gasteiger partial charge in [0.15, 0.2) is 17.3 Å². The fourth-order valence-electron chi connectivity index (χ4n) is 4.05. The van der Waals surface area contributed by atoms with E-state index in [1.165, 1.54) is 6.07 Å². The minimum Gasteiger partial charge on any atom is -0.486 e. The summed E-state index contributed by atoms with van der Waals surface area (Å²) >= 11 is 0. The Hall–Kier alpha value is -2.65. The van der Waals surface area contributed by atoms with E-state index in [2.05, 4.69) is 10.2 Å². The first-order chi connectivity index (χ1) is 14.9. The van der Waals surface area contributed by atoms with Crippen LogP contribution in [0.15, 0.2) is 41.0 Å². The maximum atomic E-state index is 14.6. The lowest BCUT2D eigenvalue weighted by Crippen LogP contribution is -2.51. The minimum atomic E-state index is -3.86. The highest BCUT2D eigenvalue weighted by Crippen LogP contribution is 2.34. The molecular formula is C22H26F2N2O5. The van der Waals surface area contributed by atoms with E-state index in [1.54, 1.807) is 18.2 Å². The molecule has 2 aromatic rings. The van der Waals surface area contributed by atoms with Gasteiger partial charge in [0.25, 0.3) is 5.91 Å². The Morgan fingerprint density at radius 2 is 2.06 bits per heavy atom. The van der Waals surface area contributed by atoms with Gasteiger partial charge in [0.2, 0.25) is 0 Å². The van der Waals surface area contributed by atoms with Gasteiger partial charge in [0.1, 0.15) is 19.3 Å². The van der Waals surface area contributed by atoms with E-state index in [1.807, 2.05) is 6.92 Å². The molecule has 2 aliphatic rings. The number of likely N-dealkylation sites (tertiary alicyclic amines) is 1. The third kappa shape index (κ3) is 4.52. The lowest BCUT2D eigenvalue weighted by atomic mass is 10.00. The molecule has 168 valence electrons. The number of carbonyl (C=O) groups excluding carboxylic acids is 1. The van der Waals surface area contributed by atoms with Crippen LogP contribution in [0.25, 0.3) is 0 Å². The van der Waals surface area contributed by atoms with Crippen LogP contribution in [0, 0.1) is 0 Å². The highest BCUT2D eigenvalue weighted by molar-refractivity contribution is 5.84. The van der Waals surface area contributed by atoms with Gasteiger partial charge in [-0.1, -0.05) is 6.07 Å². The number of nitrogens with one attached hydrogen (secondary N) is 1. The molecule has 2 aliphatic heterocycles. The van der Waals surface area contributed by atoms with Crippen molar-refractivity contribution in [2.45, 2.75) is 43.9 Å². The predicted octanol–water partition coefficient (Wildman–Crippen LogP) is 2.85. The molecule has 3 atom stereocenters. The zero-order chi connectivity index (χ0) is 22.0. The number of rotatable bonds is 7. The van der Waals surface area contributed by atoms with Crippen LogP contribution < -0.4 is 14.8 Å². The molecule has 2 N–H and O–H groups in total. The molecule has 0 radical (unpaired) electrons. The van der Waals surface area contributed by atoms with E-state index >= 15 is 0 Å². The number of hydrogen-bond acceptors (Lipinski definition) is 6. The number of nitrogens with zero attached hydrogens (tertiary/aromatic N) is 1. The van der Waals surface area contributed by atoms with Crippen molar-refractivity contribution < 1.29 is 32.6 Å². The largest absolute Gasteiger partial charge is 0.486 e. The molecular weight excluding hydrogens is 410 g/mol. The number of carbonyl (C=O) groups is 1. The fraction of sp³-hybridized carbons (Fsp3) is 0.500. The van der Waals surface area contributed by atoms with Crippen molar-refractivity contribution in [2.75, 3.05) is 26.3 Å². The Bertz CT molecular complexity index is 905. The third-order valence-electron chi connectivity index (χ3n) is 5.84. The van der Waals surface area contributed by atoms with Gasteiger partial charge in [0, 0.05) is 12.6 Å². The second-order valence-corrected chi connectivity index (χ2v) is 7.97. The number of halogens is 2. The average molecular weight is 436 g/mol. The summed E-state index contributed by atoms with van der Waals surface area (Å²) in [6.45, 7) is 3.86. The highest BCUT2D eigenvalue weighted by Gasteiger charge is 2.45. The first-order valence-corrected chi connectivity index (χ1v) is 10.4. The van der Waals surface area contributed by atoms with Crippen LogP contribution in [0.5, 0.6) is 11.5 Å². The lowest BCUT2D eigenvalue weighted by Gasteiger charge is -2.32. The summed E-state index contributed by atoms with van der Waals surface area (Å²) in [4.78, 5) is 14.6. The van der Waals surface area contributed by atoms with Gasteiger partial charge < -0.3 is 24.3 Å².